The molecule has 0 aliphatic carbocycles. The number of nitrogens with one attached hydrogen (secondary N) is 1. The highest BCUT2D eigenvalue weighted by Crippen LogP contribution is 2.33. The predicted octanol–water partition coefficient (Wildman–Crippen LogP) is 3.14. The van der Waals surface area contributed by atoms with Crippen LogP contribution in [0.1, 0.15) is 24.3 Å². The number of piperidine rings is 1. The van der Waals surface area contributed by atoms with Crippen LogP contribution < -0.4 is 0 Å². The number of aromatic nitrogens is 1. The summed E-state index contributed by atoms with van der Waals surface area (Å²) in [5.74, 6) is 0.730. The van der Waals surface area contributed by atoms with Gasteiger partial charge >= 0.3 is 0 Å². The molecule has 1 unspecified atom stereocenters. The molecule has 0 bridgehead atoms. The molecule has 1 aromatic heterocycles. The SMILES string of the molecule is PN1CCC(c2c[nH]c3ccccc23)CC1. The van der Waals surface area contributed by atoms with Gasteiger partial charge in [-0.05, 0) is 30.4 Å². The number of aromatic amines is 1. The van der Waals surface area contributed by atoms with Gasteiger partial charge in [0.15, 0.2) is 0 Å². The van der Waals surface area contributed by atoms with Gasteiger partial charge in [-0.25, -0.2) is 0 Å². The Labute approximate surface area is 98.3 Å². The van der Waals surface area contributed by atoms with Crippen molar-refractivity contribution in [1.29, 1.82) is 0 Å². The zero-order chi connectivity index (χ0) is 11.0. The van der Waals surface area contributed by atoms with E-state index in [1.54, 1.807) is 0 Å². The smallest absolute Gasteiger partial charge is 0.0456 e. The number of rotatable bonds is 1. The maximum absolute atomic E-state index is 3.38. The first kappa shape index (κ1) is 10.3. The largest absolute Gasteiger partial charge is 0.361 e. The van der Waals surface area contributed by atoms with Crippen LogP contribution in [0.15, 0.2) is 30.5 Å². The Morgan fingerprint density at radius 1 is 1.19 bits per heavy atom. The third-order valence-electron chi connectivity index (χ3n) is 3.59. The molecule has 0 amide bonds. The fraction of sp³-hybridized carbons (Fsp3) is 0.385. The molecule has 1 aromatic carbocycles. The summed E-state index contributed by atoms with van der Waals surface area (Å²) in [5.41, 5.74) is 2.78. The van der Waals surface area contributed by atoms with Crippen molar-refractivity contribution in [3.63, 3.8) is 0 Å². The molecule has 3 rings (SSSR count). The van der Waals surface area contributed by atoms with Crippen molar-refractivity contribution in [2.75, 3.05) is 13.1 Å². The van der Waals surface area contributed by atoms with Gasteiger partial charge in [-0.15, -0.1) is 0 Å². The van der Waals surface area contributed by atoms with Gasteiger partial charge in [0.25, 0.3) is 0 Å². The van der Waals surface area contributed by atoms with Gasteiger partial charge in [-0.1, -0.05) is 27.6 Å². The molecule has 1 N–H and O–H groups in total. The minimum Gasteiger partial charge on any atom is -0.361 e. The van der Waals surface area contributed by atoms with E-state index in [1.807, 2.05) is 0 Å². The highest BCUT2D eigenvalue weighted by atomic mass is 31.0. The van der Waals surface area contributed by atoms with Crippen molar-refractivity contribution >= 4 is 20.3 Å². The second-order valence-electron chi connectivity index (χ2n) is 4.60. The van der Waals surface area contributed by atoms with Crippen LogP contribution in [0.2, 0.25) is 0 Å². The van der Waals surface area contributed by atoms with E-state index in [9.17, 15) is 0 Å². The second kappa shape index (κ2) is 4.20. The topological polar surface area (TPSA) is 19.0 Å². The fourth-order valence-corrected chi connectivity index (χ4v) is 2.94. The monoisotopic (exact) mass is 232 g/mol. The Morgan fingerprint density at radius 3 is 2.75 bits per heavy atom. The van der Waals surface area contributed by atoms with Crippen molar-refractivity contribution in [1.82, 2.24) is 9.65 Å². The summed E-state index contributed by atoms with van der Waals surface area (Å²) in [4.78, 5) is 3.38. The minimum absolute atomic E-state index is 0.730. The Balaban J connectivity index is 1.94. The van der Waals surface area contributed by atoms with E-state index < -0.39 is 0 Å². The second-order valence-corrected chi connectivity index (χ2v) is 5.33. The molecule has 0 saturated carbocycles. The van der Waals surface area contributed by atoms with E-state index >= 15 is 0 Å². The number of para-hydroxylation sites is 1. The summed E-state index contributed by atoms with van der Waals surface area (Å²) in [6.07, 6.45) is 4.74. The van der Waals surface area contributed by atoms with Gasteiger partial charge in [0, 0.05) is 30.2 Å². The van der Waals surface area contributed by atoms with E-state index in [0.717, 1.165) is 5.92 Å². The van der Waals surface area contributed by atoms with Crippen LogP contribution in [-0.4, -0.2) is 22.7 Å². The first-order chi connectivity index (χ1) is 7.84. The minimum atomic E-state index is 0.730. The van der Waals surface area contributed by atoms with Crippen LogP contribution in [-0.2, 0) is 0 Å². The molecule has 3 heteroatoms. The quantitative estimate of drug-likeness (QED) is 0.748. The number of hydrogen-bond donors (Lipinski definition) is 1. The van der Waals surface area contributed by atoms with Gasteiger partial charge < -0.3 is 4.98 Å². The van der Waals surface area contributed by atoms with Crippen LogP contribution in [0.5, 0.6) is 0 Å². The molecule has 2 heterocycles. The molecule has 1 aliphatic rings. The molecule has 1 aliphatic heterocycles. The van der Waals surface area contributed by atoms with Crippen LogP contribution in [0.3, 0.4) is 0 Å². The Bertz CT molecular complexity index is 483. The summed E-state index contributed by atoms with van der Waals surface area (Å²) in [5, 5.41) is 1.41. The van der Waals surface area contributed by atoms with Gasteiger partial charge in [0.2, 0.25) is 0 Å². The third kappa shape index (κ3) is 1.77. The summed E-state index contributed by atoms with van der Waals surface area (Å²) in [6.45, 7) is 2.38. The number of H-pyrrole nitrogens is 1. The predicted molar refractivity (Wildman–Crippen MR) is 71.6 cm³/mol. The number of benzene rings is 1. The lowest BCUT2D eigenvalue weighted by molar-refractivity contribution is 0.346. The Kier molecular flexibility index (Phi) is 2.70. The lowest BCUT2D eigenvalue weighted by Gasteiger charge is -2.28. The molecular formula is C13H17N2P. The number of fused-ring (bicyclic) bond motifs is 1. The summed E-state index contributed by atoms with van der Waals surface area (Å²) in [6, 6.07) is 8.61. The lowest BCUT2D eigenvalue weighted by Crippen LogP contribution is -2.24. The lowest BCUT2D eigenvalue weighted by atomic mass is 9.90. The van der Waals surface area contributed by atoms with Crippen molar-refractivity contribution in [2.45, 2.75) is 18.8 Å². The Hall–Kier alpha value is -0.850. The Morgan fingerprint density at radius 2 is 1.94 bits per heavy atom. The normalized spacial score (nSPS) is 19.3. The summed E-state index contributed by atoms with van der Waals surface area (Å²) < 4.78 is 2.34. The first-order valence-electron chi connectivity index (χ1n) is 5.90. The molecule has 1 saturated heterocycles. The number of nitrogens with zero attached hydrogens (tertiary/aromatic N) is 1. The molecule has 1 atom stereocenters. The van der Waals surface area contributed by atoms with E-state index in [4.69, 9.17) is 0 Å². The molecule has 84 valence electrons. The van der Waals surface area contributed by atoms with E-state index in [2.05, 4.69) is 49.5 Å². The van der Waals surface area contributed by atoms with E-state index in [-0.39, 0.29) is 0 Å². The van der Waals surface area contributed by atoms with Gasteiger partial charge in [0.05, 0.1) is 0 Å². The van der Waals surface area contributed by atoms with Crippen molar-refractivity contribution < 1.29 is 0 Å². The van der Waals surface area contributed by atoms with Crippen LogP contribution in [0, 0.1) is 0 Å². The highest BCUT2D eigenvalue weighted by molar-refractivity contribution is 7.13. The molecule has 0 radical (unpaired) electrons. The average Bonchev–Trinajstić information content (AvgIpc) is 2.74. The van der Waals surface area contributed by atoms with E-state index in [1.165, 1.54) is 42.4 Å². The fourth-order valence-electron chi connectivity index (χ4n) is 2.64. The first-order valence-corrected chi connectivity index (χ1v) is 6.42. The average molecular weight is 232 g/mol. The maximum Gasteiger partial charge on any atom is 0.0456 e. The van der Waals surface area contributed by atoms with Crippen molar-refractivity contribution in [3.05, 3.63) is 36.0 Å². The number of hydrogen-bond acceptors (Lipinski definition) is 1. The van der Waals surface area contributed by atoms with Crippen molar-refractivity contribution in [2.24, 2.45) is 0 Å². The molecule has 0 spiro atoms. The van der Waals surface area contributed by atoms with Crippen LogP contribution >= 0.6 is 9.39 Å². The molecule has 16 heavy (non-hydrogen) atoms. The zero-order valence-electron chi connectivity index (χ0n) is 9.32. The molecule has 2 aromatic rings. The van der Waals surface area contributed by atoms with Crippen LogP contribution in [0.25, 0.3) is 10.9 Å². The summed E-state index contributed by atoms with van der Waals surface area (Å²) in [7, 11) is 2.81. The molecule has 1 fully saturated rings. The molecule has 2 nitrogen and oxygen atoms in total. The van der Waals surface area contributed by atoms with Crippen LogP contribution in [0.4, 0.5) is 0 Å². The standard InChI is InChI=1S/C13H17N2P/c16-15-7-5-10(6-8-15)12-9-14-13-4-2-1-3-11(12)13/h1-4,9-10,14H,5-8,16H2. The van der Waals surface area contributed by atoms with E-state index in [0.29, 0.717) is 0 Å². The van der Waals surface area contributed by atoms with Crippen molar-refractivity contribution in [3.8, 4) is 0 Å². The molecular weight excluding hydrogens is 215 g/mol. The maximum atomic E-state index is 3.38. The third-order valence-corrected chi connectivity index (χ3v) is 4.11. The highest BCUT2D eigenvalue weighted by Gasteiger charge is 2.20. The van der Waals surface area contributed by atoms with Gasteiger partial charge in [0.1, 0.15) is 0 Å². The zero-order valence-corrected chi connectivity index (χ0v) is 10.5. The summed E-state index contributed by atoms with van der Waals surface area (Å²) >= 11 is 0. The van der Waals surface area contributed by atoms with Gasteiger partial charge in [-0.3, -0.25) is 4.67 Å². The van der Waals surface area contributed by atoms with Gasteiger partial charge in [-0.2, -0.15) is 0 Å².